The maximum Gasteiger partial charge on any atom is 0.162 e. The van der Waals surface area contributed by atoms with E-state index in [2.05, 4.69) is 29.2 Å². The molecule has 0 radical (unpaired) electrons. The second-order valence-electron chi connectivity index (χ2n) is 7.53. The van der Waals surface area contributed by atoms with Gasteiger partial charge in [-0.2, -0.15) is 5.06 Å². The number of ether oxygens (including phenoxy) is 1. The molecule has 31 heavy (non-hydrogen) atoms. The van der Waals surface area contributed by atoms with Gasteiger partial charge in [-0.05, 0) is 37.0 Å². The molecule has 0 saturated carbocycles. The molecule has 1 fully saturated rings. The number of nitrogens with zero attached hydrogens (tertiary/aromatic N) is 2. The summed E-state index contributed by atoms with van der Waals surface area (Å²) in [4.78, 5) is 7.48. The molecule has 0 amide bonds. The Morgan fingerprint density at radius 2 is 1.58 bits per heavy atom. The van der Waals surface area contributed by atoms with Gasteiger partial charge in [0.2, 0.25) is 0 Å². The molecule has 4 N–H and O–H groups in total. The van der Waals surface area contributed by atoms with E-state index in [1.54, 1.807) is 0 Å². The monoisotopic (exact) mass is 480 g/mol. The molecule has 0 aromatic heterocycles. The summed E-state index contributed by atoms with van der Waals surface area (Å²) in [5, 5.41) is 40.9. The lowest BCUT2D eigenvalue weighted by atomic mass is 9.98. The van der Waals surface area contributed by atoms with Crippen LogP contribution in [0.15, 0.2) is 24.3 Å². The van der Waals surface area contributed by atoms with Crippen molar-refractivity contribution in [1.82, 2.24) is 5.06 Å². The van der Waals surface area contributed by atoms with Crippen LogP contribution in [0, 0.1) is 0 Å². The molecule has 2 rings (SSSR count). The molecule has 1 aliphatic heterocycles. The zero-order valence-electron chi connectivity index (χ0n) is 17.8. The van der Waals surface area contributed by atoms with Crippen molar-refractivity contribution in [3.05, 3.63) is 29.8 Å². The number of hydrogen-bond acceptors (Lipinski definition) is 8. The summed E-state index contributed by atoms with van der Waals surface area (Å²) < 4.78 is 5.54. The third kappa shape index (κ3) is 7.42. The third-order valence-corrected chi connectivity index (χ3v) is 5.83. The van der Waals surface area contributed by atoms with Crippen LogP contribution in [0.1, 0.15) is 18.4 Å². The number of hydrogen-bond donors (Lipinski definition) is 4. The SMILES string of the molecule is CON(CCCCc1ccc(N(CCCl)CCCl)cc1)C1O[C@@H](CO)[C@@H](O)[C@@H](O)[C@H]1O. The molecular formula is C21H34Cl2N2O6. The number of anilines is 1. The van der Waals surface area contributed by atoms with Crippen LogP contribution in [0.3, 0.4) is 0 Å². The number of halogens is 2. The van der Waals surface area contributed by atoms with Crippen molar-refractivity contribution in [2.24, 2.45) is 0 Å². The largest absolute Gasteiger partial charge is 0.394 e. The Morgan fingerprint density at radius 1 is 0.935 bits per heavy atom. The summed E-state index contributed by atoms with van der Waals surface area (Å²) in [7, 11) is 1.45. The van der Waals surface area contributed by atoms with E-state index in [0.717, 1.165) is 38.0 Å². The van der Waals surface area contributed by atoms with Crippen LogP contribution in [-0.2, 0) is 16.0 Å². The standard InChI is InChI=1S/C21H34Cl2N2O6/c1-30-25(21-20(29)19(28)18(27)17(14-26)31-21)11-3-2-4-15-5-7-16(8-6-15)24(12-9-22)13-10-23/h5-8,17-21,26-29H,2-4,9-14H2,1H3/t17-,18+,19+,20+,21?/m0/s1. The fraction of sp³-hybridized carbons (Fsp3) is 0.714. The number of alkyl halides is 2. The van der Waals surface area contributed by atoms with Crippen molar-refractivity contribution in [2.45, 2.75) is 49.9 Å². The minimum absolute atomic E-state index is 0.455. The van der Waals surface area contributed by atoms with Gasteiger partial charge in [0.25, 0.3) is 0 Å². The second kappa shape index (κ2) is 13.8. The number of aliphatic hydroxyl groups excluding tert-OH is 4. The summed E-state index contributed by atoms with van der Waals surface area (Å²) in [6.45, 7) is 1.48. The van der Waals surface area contributed by atoms with Crippen molar-refractivity contribution in [3.63, 3.8) is 0 Å². The van der Waals surface area contributed by atoms with E-state index in [1.807, 2.05) is 0 Å². The Bertz CT molecular complexity index is 618. The molecule has 10 heteroatoms. The highest BCUT2D eigenvalue weighted by Crippen LogP contribution is 2.24. The van der Waals surface area contributed by atoms with Crippen molar-refractivity contribution < 1.29 is 30.0 Å². The van der Waals surface area contributed by atoms with Crippen LogP contribution in [0.2, 0.25) is 0 Å². The summed E-state index contributed by atoms with van der Waals surface area (Å²) in [5.74, 6) is 1.09. The molecule has 1 heterocycles. The molecule has 1 unspecified atom stereocenters. The van der Waals surface area contributed by atoms with Crippen LogP contribution in [0.4, 0.5) is 5.69 Å². The molecule has 8 nitrogen and oxygen atoms in total. The summed E-state index contributed by atoms with van der Waals surface area (Å²) in [6, 6.07) is 8.33. The third-order valence-electron chi connectivity index (χ3n) is 5.49. The lowest BCUT2D eigenvalue weighted by Gasteiger charge is -2.43. The van der Waals surface area contributed by atoms with Crippen molar-refractivity contribution in [1.29, 1.82) is 0 Å². The predicted molar refractivity (Wildman–Crippen MR) is 121 cm³/mol. The van der Waals surface area contributed by atoms with Gasteiger partial charge in [0.15, 0.2) is 6.23 Å². The van der Waals surface area contributed by atoms with Crippen molar-refractivity contribution >= 4 is 28.9 Å². The summed E-state index contributed by atoms with van der Waals surface area (Å²) in [6.07, 6.45) is -3.59. The second-order valence-corrected chi connectivity index (χ2v) is 8.29. The minimum atomic E-state index is -1.43. The van der Waals surface area contributed by atoms with Crippen LogP contribution < -0.4 is 4.90 Å². The van der Waals surface area contributed by atoms with Gasteiger partial charge in [-0.3, -0.25) is 4.84 Å². The molecule has 0 spiro atoms. The fourth-order valence-electron chi connectivity index (χ4n) is 3.69. The average Bonchev–Trinajstić information content (AvgIpc) is 2.79. The molecule has 1 saturated heterocycles. The highest BCUT2D eigenvalue weighted by molar-refractivity contribution is 6.18. The molecule has 5 atom stereocenters. The predicted octanol–water partition coefficient (Wildman–Crippen LogP) is 0.957. The van der Waals surface area contributed by atoms with E-state index in [9.17, 15) is 20.4 Å². The number of unbranched alkanes of at least 4 members (excludes halogenated alkanes) is 1. The quantitative estimate of drug-likeness (QED) is 0.188. The first kappa shape index (κ1) is 26.6. The Kier molecular flexibility index (Phi) is 11.8. The Labute approximate surface area is 193 Å². The topological polar surface area (TPSA) is 106 Å². The van der Waals surface area contributed by atoms with Gasteiger partial charge in [-0.1, -0.05) is 12.1 Å². The Hall–Kier alpha value is -0.680. The average molecular weight is 481 g/mol. The van der Waals surface area contributed by atoms with Crippen LogP contribution >= 0.6 is 23.2 Å². The van der Waals surface area contributed by atoms with Crippen LogP contribution in [0.5, 0.6) is 0 Å². The maximum atomic E-state index is 10.2. The van der Waals surface area contributed by atoms with Crippen LogP contribution in [0.25, 0.3) is 0 Å². The fourth-order valence-corrected chi connectivity index (χ4v) is 4.09. The van der Waals surface area contributed by atoms with E-state index < -0.39 is 37.3 Å². The first-order chi connectivity index (χ1) is 15.0. The van der Waals surface area contributed by atoms with Gasteiger partial charge in [0, 0.05) is 37.1 Å². The molecule has 0 bridgehead atoms. The first-order valence-electron chi connectivity index (χ1n) is 10.5. The molecule has 178 valence electrons. The lowest BCUT2D eigenvalue weighted by molar-refractivity contribution is -0.328. The Balaban J connectivity index is 1.84. The van der Waals surface area contributed by atoms with E-state index in [0.29, 0.717) is 18.3 Å². The number of hydroxylamine groups is 2. The van der Waals surface area contributed by atoms with Gasteiger partial charge in [-0.25, -0.2) is 0 Å². The summed E-state index contributed by atoms with van der Waals surface area (Å²) >= 11 is 11.7. The van der Waals surface area contributed by atoms with E-state index in [1.165, 1.54) is 17.7 Å². The normalized spacial score (nSPS) is 26.4. The van der Waals surface area contributed by atoms with E-state index in [-0.39, 0.29) is 0 Å². The van der Waals surface area contributed by atoms with E-state index >= 15 is 0 Å². The smallest absolute Gasteiger partial charge is 0.162 e. The first-order valence-corrected chi connectivity index (χ1v) is 11.6. The number of rotatable bonds is 13. The van der Waals surface area contributed by atoms with Gasteiger partial charge < -0.3 is 30.1 Å². The van der Waals surface area contributed by atoms with Crippen molar-refractivity contribution in [3.8, 4) is 0 Å². The zero-order valence-corrected chi connectivity index (χ0v) is 19.3. The number of aryl methyl sites for hydroxylation is 1. The van der Waals surface area contributed by atoms with Gasteiger partial charge in [0.05, 0.1) is 13.7 Å². The van der Waals surface area contributed by atoms with Gasteiger partial charge >= 0.3 is 0 Å². The van der Waals surface area contributed by atoms with Crippen LogP contribution in [-0.4, -0.2) is 101 Å². The minimum Gasteiger partial charge on any atom is -0.394 e. The molecule has 0 aliphatic carbocycles. The Morgan fingerprint density at radius 3 is 2.13 bits per heavy atom. The highest BCUT2D eigenvalue weighted by Gasteiger charge is 2.45. The van der Waals surface area contributed by atoms with Gasteiger partial charge in [0.1, 0.15) is 24.4 Å². The number of aliphatic hydroxyl groups is 4. The number of benzene rings is 1. The molecule has 1 aromatic rings. The molecule has 1 aliphatic rings. The van der Waals surface area contributed by atoms with Gasteiger partial charge in [-0.15, -0.1) is 23.2 Å². The zero-order chi connectivity index (χ0) is 22.8. The highest BCUT2D eigenvalue weighted by atomic mass is 35.5. The van der Waals surface area contributed by atoms with Crippen molar-refractivity contribution in [2.75, 3.05) is 50.0 Å². The molecular weight excluding hydrogens is 447 g/mol. The maximum absolute atomic E-state index is 10.2. The summed E-state index contributed by atoms with van der Waals surface area (Å²) in [5.41, 5.74) is 2.30. The lowest BCUT2D eigenvalue weighted by Crippen LogP contribution is -2.63. The van der Waals surface area contributed by atoms with E-state index in [4.69, 9.17) is 32.8 Å². The molecule has 1 aromatic carbocycles.